The van der Waals surface area contributed by atoms with Gasteiger partial charge in [0.1, 0.15) is 11.9 Å². The van der Waals surface area contributed by atoms with Crippen LogP contribution in [0.25, 0.3) is 0 Å². The molecule has 0 heterocycles. The first kappa shape index (κ1) is 15.1. The highest BCUT2D eigenvalue weighted by Gasteiger charge is 2.21. The molecule has 1 amide bonds. The minimum atomic E-state index is -1.14. The summed E-state index contributed by atoms with van der Waals surface area (Å²) in [7, 11) is 0. The van der Waals surface area contributed by atoms with Crippen LogP contribution in [0.3, 0.4) is 0 Å². The molecule has 1 aromatic carbocycles. The average Bonchev–Trinajstić information content (AvgIpc) is 2.37. The summed E-state index contributed by atoms with van der Waals surface area (Å²) in [6, 6.07) is 6.63. The van der Waals surface area contributed by atoms with Gasteiger partial charge in [0.15, 0.2) is 0 Å². The smallest absolute Gasteiger partial charge is 0.216 e. The van der Waals surface area contributed by atoms with E-state index in [0.29, 0.717) is 11.1 Å². The lowest BCUT2D eigenvalue weighted by atomic mass is 9.96. The molecule has 6 heteroatoms. The van der Waals surface area contributed by atoms with Crippen molar-refractivity contribution in [3.8, 4) is 0 Å². The van der Waals surface area contributed by atoms with Crippen LogP contribution in [0.2, 0.25) is 0 Å². The summed E-state index contributed by atoms with van der Waals surface area (Å²) in [5.74, 6) is -0.352. The number of nitrogens with two attached hydrogens (primary N) is 1. The van der Waals surface area contributed by atoms with Crippen molar-refractivity contribution in [2.75, 3.05) is 6.54 Å². The van der Waals surface area contributed by atoms with Crippen LogP contribution < -0.4 is 11.1 Å². The van der Waals surface area contributed by atoms with E-state index in [0.717, 1.165) is 0 Å². The number of carbonyl (C=O) groups is 1. The molecule has 0 aliphatic carbocycles. The van der Waals surface area contributed by atoms with Crippen molar-refractivity contribution in [3.63, 3.8) is 0 Å². The van der Waals surface area contributed by atoms with Crippen LogP contribution in [0.1, 0.15) is 30.6 Å². The van der Waals surface area contributed by atoms with Gasteiger partial charge in [0.05, 0.1) is 6.10 Å². The molecule has 0 bridgehead atoms. The van der Waals surface area contributed by atoms with Gasteiger partial charge in [0.25, 0.3) is 0 Å². The second-order valence-corrected chi connectivity index (χ2v) is 4.28. The molecule has 1 rings (SSSR count). The highest BCUT2D eigenvalue weighted by molar-refractivity contribution is 5.96. The summed E-state index contributed by atoms with van der Waals surface area (Å²) >= 11 is 0. The summed E-state index contributed by atoms with van der Waals surface area (Å²) < 4.78 is 0. The summed E-state index contributed by atoms with van der Waals surface area (Å²) in [6.07, 6.45) is -1.96. The SMILES string of the molecule is CC(=O)NCCC(O)C(O)c1ccccc1C(=N)N. The zero-order valence-corrected chi connectivity index (χ0v) is 10.8. The quantitative estimate of drug-likeness (QED) is 0.364. The van der Waals surface area contributed by atoms with E-state index in [1.165, 1.54) is 6.92 Å². The van der Waals surface area contributed by atoms with Gasteiger partial charge in [-0.25, -0.2) is 0 Å². The molecule has 19 heavy (non-hydrogen) atoms. The Bertz CT molecular complexity index is 462. The Morgan fingerprint density at radius 3 is 2.63 bits per heavy atom. The molecule has 0 aromatic heterocycles. The first-order valence-corrected chi connectivity index (χ1v) is 5.97. The third-order valence-corrected chi connectivity index (χ3v) is 2.75. The monoisotopic (exact) mass is 265 g/mol. The zero-order valence-electron chi connectivity index (χ0n) is 10.8. The fourth-order valence-corrected chi connectivity index (χ4v) is 1.76. The fraction of sp³-hybridized carbons (Fsp3) is 0.385. The first-order valence-electron chi connectivity index (χ1n) is 5.97. The molecule has 0 spiro atoms. The summed E-state index contributed by atoms with van der Waals surface area (Å²) in [5.41, 5.74) is 6.23. The van der Waals surface area contributed by atoms with Crippen LogP contribution in [0.15, 0.2) is 24.3 Å². The molecule has 2 atom stereocenters. The van der Waals surface area contributed by atoms with Gasteiger partial charge in [-0.2, -0.15) is 0 Å². The molecule has 0 fully saturated rings. The predicted molar refractivity (Wildman–Crippen MR) is 71.7 cm³/mol. The second-order valence-electron chi connectivity index (χ2n) is 4.28. The Hall–Kier alpha value is -1.92. The number of aliphatic hydroxyl groups excluding tert-OH is 2. The highest BCUT2D eigenvalue weighted by atomic mass is 16.3. The Morgan fingerprint density at radius 2 is 2.05 bits per heavy atom. The van der Waals surface area contributed by atoms with Crippen molar-refractivity contribution in [2.24, 2.45) is 5.73 Å². The summed E-state index contributed by atoms with van der Waals surface area (Å²) in [4.78, 5) is 10.7. The third-order valence-electron chi connectivity index (χ3n) is 2.75. The Balaban J connectivity index is 2.73. The number of rotatable bonds is 6. The largest absolute Gasteiger partial charge is 0.390 e. The van der Waals surface area contributed by atoms with Crippen molar-refractivity contribution >= 4 is 11.7 Å². The maximum Gasteiger partial charge on any atom is 0.216 e. The van der Waals surface area contributed by atoms with Gasteiger partial charge in [-0.05, 0) is 12.0 Å². The number of hydrogen-bond donors (Lipinski definition) is 5. The van der Waals surface area contributed by atoms with Gasteiger partial charge in [-0.1, -0.05) is 24.3 Å². The lowest BCUT2D eigenvalue weighted by Gasteiger charge is -2.20. The predicted octanol–water partition coefficient (Wildman–Crippen LogP) is -0.109. The molecule has 6 N–H and O–H groups in total. The van der Waals surface area contributed by atoms with Gasteiger partial charge in [0.2, 0.25) is 5.91 Å². The fourth-order valence-electron chi connectivity index (χ4n) is 1.76. The van der Waals surface area contributed by atoms with Crippen molar-refractivity contribution < 1.29 is 15.0 Å². The van der Waals surface area contributed by atoms with Gasteiger partial charge < -0.3 is 21.3 Å². The molecule has 0 aliphatic rings. The number of hydrogen-bond acceptors (Lipinski definition) is 4. The van der Waals surface area contributed by atoms with Crippen LogP contribution in [0.4, 0.5) is 0 Å². The first-order chi connectivity index (χ1) is 8.93. The maximum absolute atomic E-state index is 10.7. The molecule has 0 aliphatic heterocycles. The number of carbonyl (C=O) groups excluding carboxylic acids is 1. The van der Waals surface area contributed by atoms with Crippen LogP contribution in [0, 0.1) is 5.41 Å². The number of amides is 1. The van der Waals surface area contributed by atoms with Gasteiger partial charge in [-0.15, -0.1) is 0 Å². The van der Waals surface area contributed by atoms with Crippen LogP contribution >= 0.6 is 0 Å². The zero-order chi connectivity index (χ0) is 14.4. The molecule has 0 radical (unpaired) electrons. The Morgan fingerprint density at radius 1 is 1.42 bits per heavy atom. The van der Waals surface area contributed by atoms with E-state index in [1.807, 2.05) is 0 Å². The van der Waals surface area contributed by atoms with Crippen molar-refractivity contribution in [1.29, 1.82) is 5.41 Å². The van der Waals surface area contributed by atoms with E-state index in [-0.39, 0.29) is 24.7 Å². The van der Waals surface area contributed by atoms with Gasteiger partial charge >= 0.3 is 0 Å². The highest BCUT2D eigenvalue weighted by Crippen LogP contribution is 2.22. The molecule has 0 saturated carbocycles. The van der Waals surface area contributed by atoms with E-state index in [9.17, 15) is 15.0 Å². The molecule has 2 unspecified atom stereocenters. The van der Waals surface area contributed by atoms with Crippen LogP contribution in [0.5, 0.6) is 0 Å². The van der Waals surface area contributed by atoms with E-state index < -0.39 is 12.2 Å². The Labute approximate surface area is 111 Å². The van der Waals surface area contributed by atoms with Gasteiger partial charge in [-0.3, -0.25) is 10.2 Å². The summed E-state index contributed by atoms with van der Waals surface area (Å²) in [6.45, 7) is 1.66. The van der Waals surface area contributed by atoms with Crippen molar-refractivity contribution in [2.45, 2.75) is 25.6 Å². The molecule has 104 valence electrons. The minimum absolute atomic E-state index is 0.163. The topological polar surface area (TPSA) is 119 Å². The normalized spacial score (nSPS) is 13.6. The molecular weight excluding hydrogens is 246 g/mol. The molecule has 0 saturated heterocycles. The Kier molecular flexibility index (Phi) is 5.47. The van der Waals surface area contributed by atoms with E-state index >= 15 is 0 Å². The van der Waals surface area contributed by atoms with E-state index in [2.05, 4.69) is 5.32 Å². The number of nitrogen functional groups attached to an aromatic ring is 1. The molecule has 6 nitrogen and oxygen atoms in total. The van der Waals surface area contributed by atoms with E-state index in [4.69, 9.17) is 11.1 Å². The number of aliphatic hydroxyl groups is 2. The maximum atomic E-state index is 10.7. The standard InChI is InChI=1S/C13H19N3O3/c1-8(17)16-7-6-11(18)12(19)9-4-2-3-5-10(9)13(14)15/h2-5,11-12,18-19H,6-7H2,1H3,(H3,14,15)(H,16,17). The van der Waals surface area contributed by atoms with Crippen molar-refractivity contribution in [1.82, 2.24) is 5.32 Å². The molecule has 1 aromatic rings. The third kappa shape index (κ3) is 4.35. The number of benzene rings is 1. The number of nitrogens with one attached hydrogen (secondary N) is 2. The average molecular weight is 265 g/mol. The van der Waals surface area contributed by atoms with Crippen LogP contribution in [-0.2, 0) is 4.79 Å². The second kappa shape index (κ2) is 6.86. The molecular formula is C13H19N3O3. The van der Waals surface area contributed by atoms with Crippen molar-refractivity contribution in [3.05, 3.63) is 35.4 Å². The number of amidine groups is 1. The van der Waals surface area contributed by atoms with E-state index in [1.54, 1.807) is 24.3 Å². The minimum Gasteiger partial charge on any atom is -0.390 e. The lowest BCUT2D eigenvalue weighted by Crippen LogP contribution is -2.28. The lowest BCUT2D eigenvalue weighted by molar-refractivity contribution is -0.119. The summed E-state index contributed by atoms with van der Waals surface area (Å²) in [5, 5.41) is 29.9. The van der Waals surface area contributed by atoms with Gasteiger partial charge in [0, 0.05) is 19.0 Å². The van der Waals surface area contributed by atoms with Crippen LogP contribution in [-0.4, -0.2) is 34.6 Å².